The van der Waals surface area contributed by atoms with Crippen LogP contribution in [0.25, 0.3) is 0 Å². The summed E-state index contributed by atoms with van der Waals surface area (Å²) in [5.74, 6) is -1.57. The highest BCUT2D eigenvalue weighted by Gasteiger charge is 2.56. The van der Waals surface area contributed by atoms with Gasteiger partial charge in [0.2, 0.25) is 12.0 Å². The summed E-state index contributed by atoms with van der Waals surface area (Å²) in [6.45, 7) is 1.82. The highest BCUT2D eigenvalue weighted by atomic mass is 35.5. The number of oxime groups is 1. The van der Waals surface area contributed by atoms with Crippen molar-refractivity contribution in [2.24, 2.45) is 18.1 Å². The summed E-state index contributed by atoms with van der Waals surface area (Å²) in [5.41, 5.74) is 2.30. The first-order valence-corrected chi connectivity index (χ1v) is 7.73. The number of imide groups is 1. The van der Waals surface area contributed by atoms with Crippen molar-refractivity contribution in [2.75, 3.05) is 4.90 Å². The van der Waals surface area contributed by atoms with Gasteiger partial charge in [0.25, 0.3) is 5.91 Å². The molecule has 2 atom stereocenters. The largest absolute Gasteiger partial charge is 0.381 e. The molecule has 8 heteroatoms. The average Bonchev–Trinajstić information content (AvgIpc) is 3.16. The second-order valence-corrected chi connectivity index (χ2v) is 6.21. The van der Waals surface area contributed by atoms with Crippen molar-refractivity contribution in [3.05, 3.63) is 46.7 Å². The quantitative estimate of drug-likeness (QED) is 0.777. The molecule has 1 saturated heterocycles. The minimum Gasteiger partial charge on any atom is -0.381 e. The van der Waals surface area contributed by atoms with Crippen molar-refractivity contribution >= 4 is 34.8 Å². The van der Waals surface area contributed by atoms with E-state index in [9.17, 15) is 9.59 Å². The van der Waals surface area contributed by atoms with Crippen molar-refractivity contribution < 1.29 is 14.4 Å². The molecule has 0 radical (unpaired) electrons. The van der Waals surface area contributed by atoms with Gasteiger partial charge >= 0.3 is 0 Å². The van der Waals surface area contributed by atoms with Crippen LogP contribution in [-0.2, 0) is 21.5 Å². The monoisotopic (exact) mass is 344 g/mol. The Bertz CT molecular complexity index is 904. The second-order valence-electron chi connectivity index (χ2n) is 5.77. The molecule has 3 heterocycles. The predicted molar refractivity (Wildman–Crippen MR) is 86.8 cm³/mol. The van der Waals surface area contributed by atoms with Gasteiger partial charge in [-0.05, 0) is 25.1 Å². The van der Waals surface area contributed by atoms with Gasteiger partial charge in [-0.1, -0.05) is 22.8 Å². The lowest BCUT2D eigenvalue weighted by Gasteiger charge is -2.15. The number of carbonyl (C=O) groups excluding carboxylic acids is 2. The van der Waals surface area contributed by atoms with Crippen LogP contribution in [0.4, 0.5) is 5.69 Å². The molecule has 24 heavy (non-hydrogen) atoms. The van der Waals surface area contributed by atoms with E-state index in [1.807, 2.05) is 6.92 Å². The zero-order valence-corrected chi connectivity index (χ0v) is 13.7. The predicted octanol–water partition coefficient (Wildman–Crippen LogP) is 1.67. The van der Waals surface area contributed by atoms with Crippen LogP contribution in [-0.4, -0.2) is 33.4 Å². The molecule has 1 fully saturated rings. The Morgan fingerprint density at radius 3 is 2.71 bits per heavy atom. The van der Waals surface area contributed by atoms with E-state index in [1.54, 1.807) is 42.2 Å². The topological polar surface area (TPSA) is 76.8 Å². The van der Waals surface area contributed by atoms with Crippen LogP contribution in [0.3, 0.4) is 0 Å². The first kappa shape index (κ1) is 14.9. The normalized spacial score (nSPS) is 22.6. The van der Waals surface area contributed by atoms with E-state index in [0.717, 1.165) is 10.6 Å². The molecule has 1 aromatic carbocycles. The number of anilines is 1. The van der Waals surface area contributed by atoms with Crippen LogP contribution in [0, 0.1) is 12.8 Å². The smallest absolute Gasteiger partial charge is 0.278 e. The van der Waals surface area contributed by atoms with Crippen LogP contribution in [0.15, 0.2) is 35.6 Å². The Morgan fingerprint density at radius 1 is 1.25 bits per heavy atom. The van der Waals surface area contributed by atoms with Crippen LogP contribution < -0.4 is 4.90 Å². The van der Waals surface area contributed by atoms with Crippen molar-refractivity contribution in [3.63, 3.8) is 0 Å². The molecule has 0 spiro atoms. The fraction of sp³-hybridized carbons (Fsp3) is 0.250. The molecule has 4 rings (SSSR count). The zero-order chi connectivity index (χ0) is 17.0. The van der Waals surface area contributed by atoms with Gasteiger partial charge in [-0.3, -0.25) is 14.3 Å². The second kappa shape index (κ2) is 5.17. The minimum absolute atomic E-state index is 0.369. The Hall–Kier alpha value is -2.67. The van der Waals surface area contributed by atoms with E-state index in [2.05, 4.69) is 10.3 Å². The summed E-state index contributed by atoms with van der Waals surface area (Å²) in [7, 11) is 1.78. The molecule has 0 aliphatic carbocycles. The molecule has 0 unspecified atom stereocenters. The summed E-state index contributed by atoms with van der Waals surface area (Å²) in [6, 6.07) is 6.60. The van der Waals surface area contributed by atoms with Gasteiger partial charge in [0.05, 0.1) is 11.4 Å². The minimum atomic E-state index is -0.939. The molecule has 2 aliphatic heterocycles. The highest BCUT2D eigenvalue weighted by molar-refractivity contribution is 6.34. The number of aryl methyl sites for hydroxylation is 2. The van der Waals surface area contributed by atoms with Crippen LogP contribution in [0.1, 0.15) is 11.3 Å². The number of rotatable bonds is 2. The highest BCUT2D eigenvalue weighted by Crippen LogP contribution is 2.36. The third-order valence-electron chi connectivity index (χ3n) is 4.17. The molecule has 7 nitrogen and oxygen atoms in total. The first-order chi connectivity index (χ1) is 11.5. The molecule has 1 aromatic heterocycles. The van der Waals surface area contributed by atoms with Crippen molar-refractivity contribution in [1.82, 2.24) is 9.78 Å². The van der Waals surface area contributed by atoms with Crippen molar-refractivity contribution in [3.8, 4) is 0 Å². The van der Waals surface area contributed by atoms with E-state index in [0.29, 0.717) is 22.0 Å². The van der Waals surface area contributed by atoms with Gasteiger partial charge in [0, 0.05) is 23.8 Å². The van der Waals surface area contributed by atoms with Gasteiger partial charge in [0.15, 0.2) is 0 Å². The molecule has 2 aliphatic rings. The van der Waals surface area contributed by atoms with E-state index < -0.39 is 17.9 Å². The summed E-state index contributed by atoms with van der Waals surface area (Å²) in [5, 5.41) is 8.68. The maximum Gasteiger partial charge on any atom is 0.278 e. The Labute approximate surface area is 142 Å². The lowest BCUT2D eigenvalue weighted by molar-refractivity contribution is -0.126. The van der Waals surface area contributed by atoms with Crippen molar-refractivity contribution in [2.45, 2.75) is 13.0 Å². The number of hydrogen-bond acceptors (Lipinski definition) is 5. The number of halogens is 1. The summed E-state index contributed by atoms with van der Waals surface area (Å²) < 4.78 is 1.64. The standard InChI is InChI=1S/C16H13ClN4O3/c1-8-11(7-20(2)18-8)13-12-14(24-19-13)16(23)21(15(12)22)10-5-3-4-9(17)6-10/h3-7,12,14H,1-2H3/t12-,14+/m0/s1. The maximum atomic E-state index is 12.9. The third kappa shape index (κ3) is 2.05. The SMILES string of the molecule is Cc1nn(C)cc1C1=NO[C@H]2C(=O)N(c3cccc(Cl)c3)C(=O)[C@@H]12. The molecule has 0 saturated carbocycles. The third-order valence-corrected chi connectivity index (χ3v) is 4.40. The van der Waals surface area contributed by atoms with Crippen molar-refractivity contribution in [1.29, 1.82) is 0 Å². The number of aromatic nitrogens is 2. The molecule has 0 bridgehead atoms. The number of fused-ring (bicyclic) bond motifs is 1. The maximum absolute atomic E-state index is 12.9. The number of amides is 2. The molecule has 2 amide bonds. The molecular formula is C16H13ClN4O3. The number of nitrogens with zero attached hydrogens (tertiary/aromatic N) is 4. The number of carbonyl (C=O) groups is 2. The van der Waals surface area contributed by atoms with E-state index >= 15 is 0 Å². The summed E-state index contributed by atoms with van der Waals surface area (Å²) >= 11 is 5.97. The van der Waals surface area contributed by atoms with Crippen LogP contribution >= 0.6 is 11.6 Å². The molecule has 0 N–H and O–H groups in total. The van der Waals surface area contributed by atoms with Gasteiger partial charge < -0.3 is 4.84 Å². The van der Waals surface area contributed by atoms with Gasteiger partial charge in [-0.2, -0.15) is 5.10 Å². The molecule has 122 valence electrons. The number of benzene rings is 1. The lowest BCUT2D eigenvalue weighted by atomic mass is 9.94. The average molecular weight is 345 g/mol. The van der Waals surface area contributed by atoms with E-state index in [-0.39, 0.29) is 5.91 Å². The number of hydrogen-bond donors (Lipinski definition) is 0. The first-order valence-electron chi connectivity index (χ1n) is 7.35. The van der Waals surface area contributed by atoms with E-state index in [4.69, 9.17) is 16.4 Å². The summed E-state index contributed by atoms with van der Waals surface area (Å²) in [6.07, 6.45) is 0.825. The molecular weight excluding hydrogens is 332 g/mol. The Kier molecular flexibility index (Phi) is 3.21. The van der Waals surface area contributed by atoms with Crippen LogP contribution in [0.2, 0.25) is 5.02 Å². The van der Waals surface area contributed by atoms with E-state index in [1.165, 1.54) is 0 Å². The van der Waals surface area contributed by atoms with Gasteiger partial charge in [0.1, 0.15) is 11.6 Å². The lowest BCUT2D eigenvalue weighted by Crippen LogP contribution is -2.33. The zero-order valence-electron chi connectivity index (χ0n) is 12.9. The molecule has 2 aromatic rings. The van der Waals surface area contributed by atoms with Gasteiger partial charge in [-0.15, -0.1) is 0 Å². The Balaban J connectivity index is 1.74. The van der Waals surface area contributed by atoms with Gasteiger partial charge in [-0.25, -0.2) is 4.90 Å². The fourth-order valence-electron chi connectivity index (χ4n) is 3.12. The summed E-state index contributed by atoms with van der Waals surface area (Å²) in [4.78, 5) is 31.9. The fourth-order valence-corrected chi connectivity index (χ4v) is 3.31. The Morgan fingerprint density at radius 2 is 2.04 bits per heavy atom. The van der Waals surface area contributed by atoms with Crippen LogP contribution in [0.5, 0.6) is 0 Å².